The minimum Gasteiger partial charge on any atom is -0.480 e. The van der Waals surface area contributed by atoms with Crippen LogP contribution in [-0.4, -0.2) is 33.9 Å². The number of carbonyl (C=O) groups is 3. The van der Waals surface area contributed by atoms with Crippen LogP contribution in [0.5, 0.6) is 0 Å². The Balaban J connectivity index is 2.60. The largest absolute Gasteiger partial charge is 0.480 e. The number of amides is 2. The number of aryl methyl sites for hydroxylation is 1. The SMILES string of the molecule is Cc1cccnc1CC(=O)N[C@@H](CCC(N)=O)C(=O)O. The van der Waals surface area contributed by atoms with E-state index in [1.54, 1.807) is 12.3 Å². The molecule has 2 amide bonds. The fourth-order valence-electron chi connectivity index (χ4n) is 1.64. The number of nitrogens with two attached hydrogens (primary N) is 1. The van der Waals surface area contributed by atoms with Crippen LogP contribution < -0.4 is 11.1 Å². The van der Waals surface area contributed by atoms with Crippen molar-refractivity contribution in [3.8, 4) is 0 Å². The van der Waals surface area contributed by atoms with E-state index in [2.05, 4.69) is 10.3 Å². The van der Waals surface area contributed by atoms with Gasteiger partial charge < -0.3 is 16.2 Å². The summed E-state index contributed by atoms with van der Waals surface area (Å²) in [6.07, 6.45) is 1.43. The molecule has 108 valence electrons. The molecule has 0 unspecified atom stereocenters. The second-order valence-electron chi connectivity index (χ2n) is 4.41. The number of aromatic nitrogens is 1. The summed E-state index contributed by atoms with van der Waals surface area (Å²) < 4.78 is 0. The molecule has 0 aliphatic rings. The van der Waals surface area contributed by atoms with E-state index in [0.717, 1.165) is 5.56 Å². The average Bonchev–Trinajstić information content (AvgIpc) is 2.36. The maximum Gasteiger partial charge on any atom is 0.326 e. The molecular formula is C13H17N3O4. The van der Waals surface area contributed by atoms with Crippen molar-refractivity contribution in [1.82, 2.24) is 10.3 Å². The van der Waals surface area contributed by atoms with Crippen LogP contribution in [-0.2, 0) is 20.8 Å². The third-order valence-corrected chi connectivity index (χ3v) is 2.76. The zero-order valence-electron chi connectivity index (χ0n) is 11.1. The first kappa shape index (κ1) is 15.6. The molecule has 0 radical (unpaired) electrons. The van der Waals surface area contributed by atoms with Crippen molar-refractivity contribution in [3.63, 3.8) is 0 Å². The Morgan fingerprint density at radius 2 is 2.15 bits per heavy atom. The maximum absolute atomic E-state index is 11.8. The Bertz CT molecular complexity index is 516. The molecule has 7 nitrogen and oxygen atoms in total. The van der Waals surface area contributed by atoms with E-state index in [1.165, 1.54) is 0 Å². The van der Waals surface area contributed by atoms with Gasteiger partial charge in [0.05, 0.1) is 12.1 Å². The van der Waals surface area contributed by atoms with E-state index >= 15 is 0 Å². The molecule has 7 heteroatoms. The first-order valence-corrected chi connectivity index (χ1v) is 6.11. The predicted molar refractivity (Wildman–Crippen MR) is 70.7 cm³/mol. The Morgan fingerprint density at radius 1 is 1.45 bits per heavy atom. The van der Waals surface area contributed by atoms with Crippen molar-refractivity contribution in [2.75, 3.05) is 0 Å². The normalized spacial score (nSPS) is 11.7. The number of carboxylic acid groups (broad SMARTS) is 1. The van der Waals surface area contributed by atoms with Gasteiger partial charge in [-0.05, 0) is 25.0 Å². The standard InChI is InChI=1S/C13H17N3O4/c1-8-3-2-6-15-10(8)7-12(18)16-9(13(19)20)4-5-11(14)17/h2-3,6,9H,4-5,7H2,1H3,(H2,14,17)(H,16,18)(H,19,20)/t9-/m0/s1. The molecule has 1 rings (SSSR count). The highest BCUT2D eigenvalue weighted by Crippen LogP contribution is 2.05. The van der Waals surface area contributed by atoms with Gasteiger partial charge in [-0.1, -0.05) is 6.07 Å². The van der Waals surface area contributed by atoms with Gasteiger partial charge in [0.25, 0.3) is 0 Å². The van der Waals surface area contributed by atoms with Gasteiger partial charge in [0.2, 0.25) is 11.8 Å². The number of carbonyl (C=O) groups excluding carboxylic acids is 2. The van der Waals surface area contributed by atoms with Gasteiger partial charge in [-0.25, -0.2) is 4.79 Å². The summed E-state index contributed by atoms with van der Waals surface area (Å²) in [5.41, 5.74) is 6.40. The lowest BCUT2D eigenvalue weighted by Crippen LogP contribution is -2.42. The molecule has 0 spiro atoms. The Morgan fingerprint density at radius 3 is 2.70 bits per heavy atom. The van der Waals surface area contributed by atoms with Gasteiger partial charge in [-0.2, -0.15) is 0 Å². The van der Waals surface area contributed by atoms with Crippen LogP contribution in [0.25, 0.3) is 0 Å². The fourth-order valence-corrected chi connectivity index (χ4v) is 1.64. The van der Waals surface area contributed by atoms with Gasteiger partial charge >= 0.3 is 5.97 Å². The van der Waals surface area contributed by atoms with E-state index in [9.17, 15) is 14.4 Å². The highest BCUT2D eigenvalue weighted by atomic mass is 16.4. The second kappa shape index (κ2) is 7.22. The molecule has 0 saturated carbocycles. The van der Waals surface area contributed by atoms with Crippen molar-refractivity contribution in [2.45, 2.75) is 32.2 Å². The van der Waals surface area contributed by atoms with Crippen LogP contribution in [0.3, 0.4) is 0 Å². The molecule has 20 heavy (non-hydrogen) atoms. The van der Waals surface area contributed by atoms with Gasteiger partial charge in [0.15, 0.2) is 0 Å². The van der Waals surface area contributed by atoms with Crippen LogP contribution >= 0.6 is 0 Å². The Hall–Kier alpha value is -2.44. The van der Waals surface area contributed by atoms with Crippen LogP contribution in [0.15, 0.2) is 18.3 Å². The molecular weight excluding hydrogens is 262 g/mol. The second-order valence-corrected chi connectivity index (χ2v) is 4.41. The number of aliphatic carboxylic acids is 1. The van der Waals surface area contributed by atoms with Crippen molar-refractivity contribution in [1.29, 1.82) is 0 Å². The van der Waals surface area contributed by atoms with E-state index in [0.29, 0.717) is 5.69 Å². The zero-order chi connectivity index (χ0) is 15.1. The van der Waals surface area contributed by atoms with Gasteiger partial charge in [-0.3, -0.25) is 14.6 Å². The maximum atomic E-state index is 11.8. The number of primary amides is 1. The third-order valence-electron chi connectivity index (χ3n) is 2.76. The first-order valence-electron chi connectivity index (χ1n) is 6.11. The molecule has 0 aromatic carbocycles. The molecule has 0 aliphatic heterocycles. The van der Waals surface area contributed by atoms with Crippen molar-refractivity contribution < 1.29 is 19.5 Å². The highest BCUT2D eigenvalue weighted by molar-refractivity contribution is 5.85. The summed E-state index contributed by atoms with van der Waals surface area (Å²) in [6.45, 7) is 1.82. The topological polar surface area (TPSA) is 122 Å². The molecule has 1 heterocycles. The third kappa shape index (κ3) is 5.05. The van der Waals surface area contributed by atoms with Crippen molar-refractivity contribution >= 4 is 17.8 Å². The molecule has 1 atom stereocenters. The molecule has 0 fully saturated rings. The van der Waals surface area contributed by atoms with E-state index in [-0.39, 0.29) is 19.3 Å². The minimum atomic E-state index is -1.20. The Labute approximate surface area is 116 Å². The number of pyridine rings is 1. The number of nitrogens with zero attached hydrogens (tertiary/aromatic N) is 1. The van der Waals surface area contributed by atoms with Crippen LogP contribution in [0.1, 0.15) is 24.1 Å². The number of hydrogen-bond acceptors (Lipinski definition) is 4. The molecule has 0 bridgehead atoms. The van der Waals surface area contributed by atoms with Gasteiger partial charge in [-0.15, -0.1) is 0 Å². The fraction of sp³-hybridized carbons (Fsp3) is 0.385. The highest BCUT2D eigenvalue weighted by Gasteiger charge is 2.20. The first-order chi connectivity index (χ1) is 9.40. The van der Waals surface area contributed by atoms with E-state index in [4.69, 9.17) is 10.8 Å². The van der Waals surface area contributed by atoms with Crippen LogP contribution in [0.2, 0.25) is 0 Å². The lowest BCUT2D eigenvalue weighted by molar-refractivity contribution is -0.142. The van der Waals surface area contributed by atoms with E-state index in [1.807, 2.05) is 13.0 Å². The summed E-state index contributed by atoms with van der Waals surface area (Å²) in [4.78, 5) is 37.5. The van der Waals surface area contributed by atoms with E-state index < -0.39 is 23.8 Å². The molecule has 4 N–H and O–H groups in total. The predicted octanol–water partition coefficient (Wildman–Crippen LogP) is -0.233. The number of rotatable bonds is 7. The number of hydrogen-bond donors (Lipinski definition) is 3. The molecule has 0 saturated heterocycles. The summed E-state index contributed by atoms with van der Waals surface area (Å²) in [7, 11) is 0. The van der Waals surface area contributed by atoms with Gasteiger partial charge in [0, 0.05) is 12.6 Å². The van der Waals surface area contributed by atoms with Crippen LogP contribution in [0.4, 0.5) is 0 Å². The number of nitrogens with one attached hydrogen (secondary N) is 1. The summed E-state index contributed by atoms with van der Waals surface area (Å²) in [5.74, 6) is -2.26. The van der Waals surface area contributed by atoms with Crippen molar-refractivity contribution in [3.05, 3.63) is 29.6 Å². The molecule has 0 aliphatic carbocycles. The lowest BCUT2D eigenvalue weighted by atomic mass is 10.1. The summed E-state index contributed by atoms with van der Waals surface area (Å²) in [5, 5.41) is 11.3. The molecule has 1 aromatic heterocycles. The zero-order valence-corrected chi connectivity index (χ0v) is 11.1. The number of carboxylic acids is 1. The molecule has 1 aromatic rings. The smallest absolute Gasteiger partial charge is 0.326 e. The van der Waals surface area contributed by atoms with Gasteiger partial charge in [0.1, 0.15) is 6.04 Å². The quantitative estimate of drug-likeness (QED) is 0.636. The lowest BCUT2D eigenvalue weighted by Gasteiger charge is -2.14. The summed E-state index contributed by atoms with van der Waals surface area (Å²) >= 11 is 0. The van der Waals surface area contributed by atoms with Crippen LogP contribution in [0, 0.1) is 6.92 Å². The van der Waals surface area contributed by atoms with Crippen molar-refractivity contribution in [2.24, 2.45) is 5.73 Å². The average molecular weight is 279 g/mol. The summed E-state index contributed by atoms with van der Waals surface area (Å²) in [6, 6.07) is 2.44. The minimum absolute atomic E-state index is 0.00692. The monoisotopic (exact) mass is 279 g/mol. The Kier molecular flexibility index (Phi) is 5.64.